The Labute approximate surface area is 186 Å². The first kappa shape index (κ1) is 22.6. The Balaban J connectivity index is 1.41. The van der Waals surface area contributed by atoms with Crippen LogP contribution in [-0.4, -0.2) is 52.8 Å². The topological polar surface area (TPSA) is 90.1 Å². The normalized spacial score (nSPS) is 15.5. The van der Waals surface area contributed by atoms with Crippen molar-refractivity contribution in [2.75, 3.05) is 31.2 Å². The highest BCUT2D eigenvalue weighted by atomic mass is 19.4. The van der Waals surface area contributed by atoms with Crippen molar-refractivity contribution in [3.8, 4) is 5.75 Å². The van der Waals surface area contributed by atoms with E-state index in [1.807, 2.05) is 6.07 Å². The lowest BCUT2D eigenvalue weighted by atomic mass is 10.1. The number of halogens is 3. The number of benzene rings is 1. The van der Waals surface area contributed by atoms with Gasteiger partial charge in [-0.25, -0.2) is 9.48 Å². The van der Waals surface area contributed by atoms with Gasteiger partial charge in [0, 0.05) is 31.0 Å². The molecule has 0 spiro atoms. The molecule has 1 aliphatic rings. The number of aromatic nitrogens is 3. The van der Waals surface area contributed by atoms with Crippen LogP contribution in [0.15, 0.2) is 47.4 Å². The number of nitrogens with one attached hydrogen (secondary N) is 1. The molecule has 0 saturated carbocycles. The molecule has 0 bridgehead atoms. The Morgan fingerprint density at radius 2 is 1.91 bits per heavy atom. The second-order valence-corrected chi connectivity index (χ2v) is 7.56. The van der Waals surface area contributed by atoms with Gasteiger partial charge in [0.2, 0.25) is 5.91 Å². The Bertz CT molecular complexity index is 1180. The van der Waals surface area contributed by atoms with Crippen molar-refractivity contribution in [1.29, 1.82) is 0 Å². The number of rotatable bonds is 6. The molecule has 1 N–H and O–H groups in total. The van der Waals surface area contributed by atoms with Crippen LogP contribution in [0.4, 0.5) is 18.9 Å². The Morgan fingerprint density at radius 1 is 1.21 bits per heavy atom. The monoisotopic (exact) mass is 465 g/mol. The third-order valence-corrected chi connectivity index (χ3v) is 5.23. The summed E-state index contributed by atoms with van der Waals surface area (Å²) in [6, 6.07) is 8.30. The van der Waals surface area contributed by atoms with Crippen LogP contribution in [0.2, 0.25) is 0 Å². The first-order valence-electron chi connectivity index (χ1n) is 10.3. The number of carbonyl (C=O) groups is 1. The van der Waals surface area contributed by atoms with Gasteiger partial charge < -0.3 is 19.7 Å². The minimum atomic E-state index is -4.77. The number of pyridine rings is 1. The highest BCUT2D eigenvalue weighted by Gasteiger charge is 2.31. The third kappa shape index (κ3) is 5.45. The Kier molecular flexibility index (Phi) is 6.27. The van der Waals surface area contributed by atoms with Gasteiger partial charge in [-0.3, -0.25) is 9.20 Å². The standard InChI is InChI=1S/C21H22F3N5O4/c1-14(15-2-4-17(5-3-15)33-21(22,23)24)25-19(30)13-29-20(31)28-7-6-16(12-18(28)26-29)27-8-10-32-11-9-27/h2-7,12,14H,8-11,13H2,1H3,(H,25,30)/t14-/m0/s1. The molecule has 12 heteroatoms. The summed E-state index contributed by atoms with van der Waals surface area (Å²) < 4.78 is 48.5. The molecule has 1 aliphatic heterocycles. The van der Waals surface area contributed by atoms with E-state index in [1.165, 1.54) is 28.7 Å². The van der Waals surface area contributed by atoms with Crippen molar-refractivity contribution in [2.45, 2.75) is 25.9 Å². The zero-order valence-corrected chi connectivity index (χ0v) is 17.7. The molecule has 1 aromatic carbocycles. The first-order valence-corrected chi connectivity index (χ1v) is 10.3. The molecule has 4 rings (SSSR count). The van der Waals surface area contributed by atoms with Gasteiger partial charge in [0.15, 0.2) is 5.65 Å². The van der Waals surface area contributed by atoms with E-state index in [2.05, 4.69) is 20.1 Å². The van der Waals surface area contributed by atoms with Gasteiger partial charge in [-0.1, -0.05) is 12.1 Å². The van der Waals surface area contributed by atoms with Crippen LogP contribution in [0.5, 0.6) is 5.75 Å². The molecule has 0 radical (unpaired) electrons. The van der Waals surface area contributed by atoms with Crippen LogP contribution in [0.25, 0.3) is 5.65 Å². The predicted molar refractivity (Wildman–Crippen MR) is 112 cm³/mol. The lowest BCUT2D eigenvalue weighted by molar-refractivity contribution is -0.274. The summed E-state index contributed by atoms with van der Waals surface area (Å²) in [6.07, 6.45) is -3.15. The summed E-state index contributed by atoms with van der Waals surface area (Å²) in [6.45, 7) is 4.12. The summed E-state index contributed by atoms with van der Waals surface area (Å²) >= 11 is 0. The van der Waals surface area contributed by atoms with E-state index < -0.39 is 24.0 Å². The van der Waals surface area contributed by atoms with E-state index in [1.54, 1.807) is 19.2 Å². The van der Waals surface area contributed by atoms with Crippen molar-refractivity contribution < 1.29 is 27.4 Å². The van der Waals surface area contributed by atoms with E-state index >= 15 is 0 Å². The maximum Gasteiger partial charge on any atom is 0.573 e. The molecule has 1 saturated heterocycles. The first-order chi connectivity index (χ1) is 15.7. The molecule has 1 atom stereocenters. The summed E-state index contributed by atoms with van der Waals surface area (Å²) in [5.74, 6) is -0.811. The second kappa shape index (κ2) is 9.14. The van der Waals surface area contributed by atoms with Gasteiger partial charge in [0.05, 0.1) is 19.3 Å². The van der Waals surface area contributed by atoms with Gasteiger partial charge in [0.25, 0.3) is 0 Å². The molecular formula is C21H22F3N5O4. The second-order valence-electron chi connectivity index (χ2n) is 7.56. The molecule has 3 heterocycles. The van der Waals surface area contributed by atoms with Crippen LogP contribution >= 0.6 is 0 Å². The maximum absolute atomic E-state index is 12.6. The van der Waals surface area contributed by atoms with E-state index in [-0.39, 0.29) is 12.3 Å². The largest absolute Gasteiger partial charge is 0.573 e. The fourth-order valence-corrected chi connectivity index (χ4v) is 3.59. The molecule has 2 aromatic heterocycles. The lowest BCUT2D eigenvalue weighted by Crippen LogP contribution is -2.36. The van der Waals surface area contributed by atoms with Gasteiger partial charge in [-0.05, 0) is 30.7 Å². The zero-order valence-electron chi connectivity index (χ0n) is 17.7. The number of amides is 1. The van der Waals surface area contributed by atoms with Crippen molar-refractivity contribution in [3.63, 3.8) is 0 Å². The van der Waals surface area contributed by atoms with E-state index in [9.17, 15) is 22.8 Å². The number of alkyl halides is 3. The van der Waals surface area contributed by atoms with Gasteiger partial charge in [-0.2, -0.15) is 0 Å². The molecule has 9 nitrogen and oxygen atoms in total. The fraction of sp³-hybridized carbons (Fsp3) is 0.381. The maximum atomic E-state index is 12.6. The number of nitrogens with zero attached hydrogens (tertiary/aromatic N) is 4. The lowest BCUT2D eigenvalue weighted by Gasteiger charge is -2.28. The van der Waals surface area contributed by atoms with E-state index in [0.29, 0.717) is 24.4 Å². The van der Waals surface area contributed by atoms with E-state index in [4.69, 9.17) is 4.74 Å². The van der Waals surface area contributed by atoms with Gasteiger partial charge in [-0.15, -0.1) is 18.3 Å². The number of morpholine rings is 1. The van der Waals surface area contributed by atoms with Crippen LogP contribution in [0.1, 0.15) is 18.5 Å². The molecular weight excluding hydrogens is 443 g/mol. The Morgan fingerprint density at radius 3 is 2.58 bits per heavy atom. The number of ether oxygens (including phenoxy) is 2. The molecule has 0 unspecified atom stereocenters. The number of fused-ring (bicyclic) bond motifs is 1. The van der Waals surface area contributed by atoms with Gasteiger partial charge >= 0.3 is 12.1 Å². The highest BCUT2D eigenvalue weighted by molar-refractivity contribution is 5.76. The van der Waals surface area contributed by atoms with Crippen LogP contribution in [0.3, 0.4) is 0 Å². The van der Waals surface area contributed by atoms with Crippen molar-refractivity contribution >= 4 is 17.2 Å². The van der Waals surface area contributed by atoms with Crippen molar-refractivity contribution in [3.05, 3.63) is 58.6 Å². The van der Waals surface area contributed by atoms with Crippen molar-refractivity contribution in [2.24, 2.45) is 0 Å². The van der Waals surface area contributed by atoms with Crippen LogP contribution in [-0.2, 0) is 16.1 Å². The summed E-state index contributed by atoms with van der Waals surface area (Å²) in [5, 5.41) is 6.97. The number of carbonyl (C=O) groups excluding carboxylic acids is 1. The quantitative estimate of drug-likeness (QED) is 0.600. The summed E-state index contributed by atoms with van der Waals surface area (Å²) in [7, 11) is 0. The fourth-order valence-electron chi connectivity index (χ4n) is 3.59. The molecule has 176 valence electrons. The Hall–Kier alpha value is -3.54. The number of anilines is 1. The molecule has 0 aliphatic carbocycles. The van der Waals surface area contributed by atoms with Crippen LogP contribution in [0, 0.1) is 0 Å². The molecule has 3 aromatic rings. The number of hydrogen-bond donors (Lipinski definition) is 1. The minimum Gasteiger partial charge on any atom is -0.406 e. The average molecular weight is 465 g/mol. The summed E-state index contributed by atoms with van der Waals surface area (Å²) in [4.78, 5) is 27.2. The minimum absolute atomic E-state index is 0.299. The van der Waals surface area contributed by atoms with Gasteiger partial charge in [0.1, 0.15) is 12.3 Å². The number of hydrogen-bond acceptors (Lipinski definition) is 6. The van der Waals surface area contributed by atoms with Crippen LogP contribution < -0.4 is 20.6 Å². The zero-order chi connectivity index (χ0) is 23.6. The molecule has 1 amide bonds. The third-order valence-electron chi connectivity index (χ3n) is 5.23. The molecule has 1 fully saturated rings. The highest BCUT2D eigenvalue weighted by Crippen LogP contribution is 2.24. The average Bonchev–Trinajstić information content (AvgIpc) is 3.08. The van der Waals surface area contributed by atoms with E-state index in [0.717, 1.165) is 23.5 Å². The SMILES string of the molecule is C[C@H](NC(=O)Cn1nc2cc(N3CCOCC3)ccn2c1=O)c1ccc(OC(F)(F)F)cc1. The summed E-state index contributed by atoms with van der Waals surface area (Å²) in [5.41, 5.74) is 1.47. The molecule has 33 heavy (non-hydrogen) atoms. The predicted octanol–water partition coefficient (Wildman–Crippen LogP) is 2.11. The van der Waals surface area contributed by atoms with Crippen molar-refractivity contribution in [1.82, 2.24) is 19.5 Å². The smallest absolute Gasteiger partial charge is 0.406 e.